The van der Waals surface area contributed by atoms with Crippen LogP contribution in [0.25, 0.3) is 0 Å². The van der Waals surface area contributed by atoms with Gasteiger partial charge in [-0.2, -0.15) is 0 Å². The highest BCUT2D eigenvalue weighted by atomic mass is 32.2. The third-order valence-electron chi connectivity index (χ3n) is 6.87. The van der Waals surface area contributed by atoms with Crippen LogP contribution in [0, 0.1) is 0 Å². The van der Waals surface area contributed by atoms with Gasteiger partial charge in [-0.25, -0.2) is 8.42 Å². The van der Waals surface area contributed by atoms with Crippen molar-refractivity contribution in [2.24, 2.45) is 0 Å². The van der Waals surface area contributed by atoms with Gasteiger partial charge in [-0.3, -0.25) is 13.9 Å². The van der Waals surface area contributed by atoms with Gasteiger partial charge in [-0.05, 0) is 67.8 Å². The van der Waals surface area contributed by atoms with Crippen molar-refractivity contribution in [1.82, 2.24) is 10.2 Å². The Bertz CT molecular complexity index is 1410. The number of carbonyl (C=O) groups is 2. The molecule has 0 radical (unpaired) electrons. The molecule has 0 aliphatic rings. The van der Waals surface area contributed by atoms with Gasteiger partial charge in [0.25, 0.3) is 0 Å². The van der Waals surface area contributed by atoms with Gasteiger partial charge in [-0.1, -0.05) is 49.4 Å². The second-order valence-corrected chi connectivity index (χ2v) is 12.0. The van der Waals surface area contributed by atoms with Crippen molar-refractivity contribution in [3.05, 3.63) is 90.0 Å². The Hall–Kier alpha value is -4.05. The Labute approximate surface area is 249 Å². The Kier molecular flexibility index (Phi) is 11.8. The fraction of sp³-hybridized carbons (Fsp3) is 0.375. The lowest BCUT2D eigenvalue weighted by molar-refractivity contribution is -0.140. The van der Waals surface area contributed by atoms with E-state index < -0.39 is 28.5 Å². The van der Waals surface area contributed by atoms with Crippen LogP contribution in [-0.2, 0) is 32.6 Å². The van der Waals surface area contributed by atoms with Crippen LogP contribution in [0.5, 0.6) is 11.5 Å². The van der Waals surface area contributed by atoms with Crippen LogP contribution in [0.1, 0.15) is 38.3 Å². The van der Waals surface area contributed by atoms with Gasteiger partial charge in [0.1, 0.15) is 24.1 Å². The van der Waals surface area contributed by atoms with Gasteiger partial charge < -0.3 is 19.7 Å². The number of anilines is 1. The first kappa shape index (κ1) is 32.5. The molecule has 226 valence electrons. The monoisotopic (exact) mass is 595 g/mol. The zero-order chi connectivity index (χ0) is 30.7. The molecule has 1 N–H and O–H groups in total. The molecule has 2 unspecified atom stereocenters. The van der Waals surface area contributed by atoms with Crippen LogP contribution in [0.15, 0.2) is 78.9 Å². The van der Waals surface area contributed by atoms with Gasteiger partial charge in [0.15, 0.2) is 0 Å². The molecule has 0 aliphatic heterocycles. The molecule has 0 heterocycles. The summed E-state index contributed by atoms with van der Waals surface area (Å²) < 4.78 is 37.8. The van der Waals surface area contributed by atoms with Crippen molar-refractivity contribution in [2.75, 3.05) is 30.8 Å². The van der Waals surface area contributed by atoms with E-state index >= 15 is 0 Å². The minimum atomic E-state index is -3.86. The Morgan fingerprint density at radius 2 is 1.57 bits per heavy atom. The summed E-state index contributed by atoms with van der Waals surface area (Å²) >= 11 is 0. The van der Waals surface area contributed by atoms with Crippen LogP contribution in [0.3, 0.4) is 0 Å². The van der Waals surface area contributed by atoms with Crippen molar-refractivity contribution in [3.8, 4) is 11.5 Å². The van der Waals surface area contributed by atoms with E-state index in [0.717, 1.165) is 21.7 Å². The summed E-state index contributed by atoms with van der Waals surface area (Å²) in [6.07, 6.45) is 2.02. The zero-order valence-corrected chi connectivity index (χ0v) is 25.8. The molecule has 0 fully saturated rings. The molecular weight excluding hydrogens is 554 g/mol. The predicted molar refractivity (Wildman–Crippen MR) is 165 cm³/mol. The van der Waals surface area contributed by atoms with Crippen molar-refractivity contribution in [2.45, 2.75) is 52.2 Å². The first-order valence-electron chi connectivity index (χ1n) is 14.0. The molecule has 3 rings (SSSR count). The standard InChI is InChI=1S/C32H41N3O6S/c1-6-24(3)33-32(37)30(21-25-12-9-8-10-13-25)34(22-26-14-11-15-29(20-26)40-4)31(36)23-35(42(5,38)39)27-16-18-28(19-17-27)41-7-2/h8-20,24,30H,6-7,21-23H2,1-5H3,(H,33,37). The number of ether oxygens (including phenoxy) is 2. The molecule has 0 saturated heterocycles. The van der Waals surface area contributed by atoms with E-state index in [1.54, 1.807) is 43.5 Å². The molecular formula is C32H41N3O6S. The summed E-state index contributed by atoms with van der Waals surface area (Å²) in [5, 5.41) is 3.02. The maximum Gasteiger partial charge on any atom is 0.244 e. The molecule has 0 bridgehead atoms. The lowest BCUT2D eigenvalue weighted by Crippen LogP contribution is -2.54. The molecule has 0 aliphatic carbocycles. The van der Waals surface area contributed by atoms with Gasteiger partial charge in [-0.15, -0.1) is 0 Å². The molecule has 0 saturated carbocycles. The third kappa shape index (κ3) is 9.24. The molecule has 3 aromatic rings. The number of benzene rings is 3. The lowest BCUT2D eigenvalue weighted by atomic mass is 10.0. The second-order valence-electron chi connectivity index (χ2n) is 10.1. The van der Waals surface area contributed by atoms with E-state index in [-0.39, 0.29) is 24.9 Å². The molecule has 9 nitrogen and oxygen atoms in total. The minimum Gasteiger partial charge on any atom is -0.497 e. The number of methoxy groups -OCH3 is 1. The van der Waals surface area contributed by atoms with Crippen molar-refractivity contribution in [3.63, 3.8) is 0 Å². The smallest absolute Gasteiger partial charge is 0.244 e. The van der Waals surface area contributed by atoms with Gasteiger partial charge in [0.2, 0.25) is 21.8 Å². The number of amides is 2. The number of hydrogen-bond donors (Lipinski definition) is 1. The average Bonchev–Trinajstić information content (AvgIpc) is 2.98. The third-order valence-corrected chi connectivity index (χ3v) is 8.01. The minimum absolute atomic E-state index is 0.0718. The van der Waals surface area contributed by atoms with Gasteiger partial charge in [0.05, 0.1) is 25.7 Å². The first-order chi connectivity index (χ1) is 20.0. The van der Waals surface area contributed by atoms with E-state index in [1.165, 1.54) is 4.90 Å². The highest BCUT2D eigenvalue weighted by Gasteiger charge is 2.33. The Morgan fingerprint density at radius 3 is 2.17 bits per heavy atom. The Balaban J connectivity index is 2.05. The quantitative estimate of drug-likeness (QED) is 0.279. The lowest BCUT2D eigenvalue weighted by Gasteiger charge is -2.34. The summed E-state index contributed by atoms with van der Waals surface area (Å²) in [7, 11) is -2.30. The first-order valence-corrected chi connectivity index (χ1v) is 15.9. The summed E-state index contributed by atoms with van der Waals surface area (Å²) in [5.74, 6) is 0.370. The van der Waals surface area contributed by atoms with Crippen LogP contribution in [0.4, 0.5) is 5.69 Å². The number of hydrogen-bond acceptors (Lipinski definition) is 6. The van der Waals surface area contributed by atoms with Crippen molar-refractivity contribution < 1.29 is 27.5 Å². The molecule has 2 amide bonds. The van der Waals surface area contributed by atoms with Crippen molar-refractivity contribution >= 4 is 27.5 Å². The summed E-state index contributed by atoms with van der Waals surface area (Å²) in [5.41, 5.74) is 1.93. The maximum atomic E-state index is 14.2. The molecule has 2 atom stereocenters. The van der Waals surface area contributed by atoms with E-state index in [4.69, 9.17) is 9.47 Å². The highest BCUT2D eigenvalue weighted by molar-refractivity contribution is 7.92. The summed E-state index contributed by atoms with van der Waals surface area (Å²) in [6.45, 7) is 5.78. The van der Waals surface area contributed by atoms with Crippen LogP contribution in [-0.4, -0.2) is 63.7 Å². The molecule has 3 aromatic carbocycles. The van der Waals surface area contributed by atoms with E-state index in [9.17, 15) is 18.0 Å². The normalized spacial score (nSPS) is 12.6. The number of sulfonamides is 1. The van der Waals surface area contributed by atoms with Gasteiger partial charge >= 0.3 is 0 Å². The number of carbonyl (C=O) groups excluding carboxylic acids is 2. The fourth-order valence-electron chi connectivity index (χ4n) is 4.45. The van der Waals surface area contributed by atoms with Crippen LogP contribution >= 0.6 is 0 Å². The zero-order valence-electron chi connectivity index (χ0n) is 24.9. The second kappa shape index (κ2) is 15.3. The van der Waals surface area contributed by atoms with Gasteiger partial charge in [0, 0.05) is 19.0 Å². The van der Waals surface area contributed by atoms with Crippen LogP contribution < -0.4 is 19.1 Å². The SMILES string of the molecule is CCOc1ccc(N(CC(=O)N(Cc2cccc(OC)c2)C(Cc2ccccc2)C(=O)NC(C)CC)S(C)(=O)=O)cc1. The molecule has 0 spiro atoms. The molecule has 0 aromatic heterocycles. The number of nitrogens with one attached hydrogen (secondary N) is 1. The maximum absolute atomic E-state index is 14.2. The summed E-state index contributed by atoms with van der Waals surface area (Å²) in [4.78, 5) is 29.4. The number of rotatable bonds is 15. The topological polar surface area (TPSA) is 105 Å². The largest absolute Gasteiger partial charge is 0.497 e. The van der Waals surface area contributed by atoms with E-state index in [2.05, 4.69) is 5.32 Å². The molecule has 10 heteroatoms. The molecule has 42 heavy (non-hydrogen) atoms. The fourth-order valence-corrected chi connectivity index (χ4v) is 5.30. The van der Waals surface area contributed by atoms with E-state index in [1.807, 2.05) is 63.2 Å². The number of nitrogens with zero attached hydrogens (tertiary/aromatic N) is 2. The highest BCUT2D eigenvalue weighted by Crippen LogP contribution is 2.24. The summed E-state index contributed by atoms with van der Waals surface area (Å²) in [6, 6.07) is 22.2. The Morgan fingerprint density at radius 1 is 0.905 bits per heavy atom. The van der Waals surface area contributed by atoms with Crippen molar-refractivity contribution in [1.29, 1.82) is 0 Å². The predicted octanol–water partition coefficient (Wildman–Crippen LogP) is 4.41. The van der Waals surface area contributed by atoms with E-state index in [0.29, 0.717) is 30.2 Å². The average molecular weight is 596 g/mol. The van der Waals surface area contributed by atoms with Crippen LogP contribution in [0.2, 0.25) is 0 Å².